The molecule has 5 rings (SSSR count). The summed E-state index contributed by atoms with van der Waals surface area (Å²) in [5.41, 5.74) is 0.958. The zero-order chi connectivity index (χ0) is 23.9. The van der Waals surface area contributed by atoms with Gasteiger partial charge in [0.1, 0.15) is 18.5 Å². The Balaban J connectivity index is 1.31. The average Bonchev–Trinajstić information content (AvgIpc) is 3.40. The highest BCUT2D eigenvalue weighted by molar-refractivity contribution is 6.04. The van der Waals surface area contributed by atoms with Crippen molar-refractivity contribution in [3.8, 4) is 5.88 Å². The fourth-order valence-electron chi connectivity index (χ4n) is 4.45. The molecular formula is C23H27N5O6. The fourth-order valence-corrected chi connectivity index (χ4v) is 4.45. The van der Waals surface area contributed by atoms with Crippen molar-refractivity contribution in [1.82, 2.24) is 9.97 Å². The Kier molecular flexibility index (Phi) is 5.74. The number of aromatic nitrogens is 2. The molecule has 2 amide bonds. The van der Waals surface area contributed by atoms with Crippen LogP contribution in [0.4, 0.5) is 22.1 Å². The summed E-state index contributed by atoms with van der Waals surface area (Å²) in [6.45, 7) is 5.95. The summed E-state index contributed by atoms with van der Waals surface area (Å²) in [4.78, 5) is 38.0. The third kappa shape index (κ3) is 4.36. The summed E-state index contributed by atoms with van der Waals surface area (Å²) < 4.78 is 21.8. The molecule has 2 fully saturated rings. The smallest absolute Gasteiger partial charge is 0.356 e. The highest BCUT2D eigenvalue weighted by Gasteiger charge is 2.40. The van der Waals surface area contributed by atoms with Crippen LogP contribution in [0, 0.1) is 0 Å². The minimum Gasteiger partial charge on any atom is -0.475 e. The number of methoxy groups -OCH3 is 1. The van der Waals surface area contributed by atoms with E-state index < -0.39 is 11.8 Å². The van der Waals surface area contributed by atoms with Crippen LogP contribution in [0.2, 0.25) is 0 Å². The van der Waals surface area contributed by atoms with Gasteiger partial charge in [-0.25, -0.2) is 14.6 Å². The molecule has 0 aromatic carbocycles. The third-order valence-corrected chi connectivity index (χ3v) is 6.01. The number of rotatable bonds is 5. The Morgan fingerprint density at radius 2 is 2.09 bits per heavy atom. The normalized spacial score (nSPS) is 22.3. The Morgan fingerprint density at radius 1 is 1.24 bits per heavy atom. The van der Waals surface area contributed by atoms with Crippen LogP contribution < -0.4 is 19.9 Å². The molecule has 11 nitrogen and oxygen atoms in total. The number of fused-ring (bicyclic) bond motifs is 4. The first kappa shape index (κ1) is 22.4. The van der Waals surface area contributed by atoms with Crippen molar-refractivity contribution in [1.29, 1.82) is 0 Å². The number of hydrogen-bond acceptors (Lipinski definition) is 9. The van der Waals surface area contributed by atoms with Gasteiger partial charge in [-0.1, -0.05) is 6.07 Å². The molecule has 11 heteroatoms. The number of anilines is 3. The van der Waals surface area contributed by atoms with Crippen LogP contribution in [0.15, 0.2) is 30.3 Å². The van der Waals surface area contributed by atoms with Gasteiger partial charge in [0, 0.05) is 19.2 Å². The van der Waals surface area contributed by atoms with E-state index in [0.29, 0.717) is 30.7 Å². The number of carbonyl (C=O) groups excluding carboxylic acids is 2. The Morgan fingerprint density at radius 3 is 2.85 bits per heavy atom. The fraction of sp³-hybridized carbons (Fsp3) is 0.478. The number of nitrogens with zero attached hydrogens (tertiary/aromatic N) is 4. The van der Waals surface area contributed by atoms with Gasteiger partial charge >= 0.3 is 12.0 Å². The van der Waals surface area contributed by atoms with Crippen LogP contribution >= 0.6 is 0 Å². The molecule has 3 aliphatic heterocycles. The molecule has 2 aromatic heterocycles. The van der Waals surface area contributed by atoms with Crippen LogP contribution in [-0.4, -0.2) is 73.3 Å². The number of ether oxygens (including phenoxy) is 4. The molecule has 0 aliphatic carbocycles. The first-order valence-corrected chi connectivity index (χ1v) is 11.2. The van der Waals surface area contributed by atoms with Gasteiger partial charge in [0.05, 0.1) is 25.4 Å². The maximum atomic E-state index is 13.3. The lowest BCUT2D eigenvalue weighted by Crippen LogP contribution is -2.48. The zero-order valence-electron chi connectivity index (χ0n) is 19.3. The third-order valence-electron chi connectivity index (χ3n) is 6.01. The molecule has 3 aliphatic rings. The second-order valence-electron chi connectivity index (χ2n) is 8.84. The molecule has 1 N–H and O–H groups in total. The lowest BCUT2D eigenvalue weighted by Gasteiger charge is -2.35. The number of amides is 2. The summed E-state index contributed by atoms with van der Waals surface area (Å²) in [6.07, 6.45) is 0.605. The second kappa shape index (κ2) is 8.73. The molecule has 2 aromatic rings. The summed E-state index contributed by atoms with van der Waals surface area (Å²) in [5, 5.41) is 2.84. The van der Waals surface area contributed by atoms with Gasteiger partial charge in [-0.3, -0.25) is 10.2 Å². The first-order valence-electron chi connectivity index (χ1n) is 11.2. The first-order chi connectivity index (χ1) is 16.3. The standard InChI is InChI=1S/C23H27N5O6/c1-23(2)33-13-15(34-23)12-32-19-6-4-5-18(25-19)26-22(30)28-14-9-10-27(11-14)17-8-7-16(21(29)31-3)24-20(17)28/h4-8,14-15H,9-13H2,1-3H3,(H,25,26,30)/t14-,15-/m0/s1. The second-order valence-corrected chi connectivity index (χ2v) is 8.84. The molecule has 2 saturated heterocycles. The van der Waals surface area contributed by atoms with Gasteiger partial charge in [0.2, 0.25) is 5.88 Å². The maximum absolute atomic E-state index is 13.3. The van der Waals surface area contributed by atoms with Crippen LogP contribution in [0.3, 0.4) is 0 Å². The van der Waals surface area contributed by atoms with Gasteiger partial charge < -0.3 is 23.8 Å². The predicted molar refractivity (Wildman–Crippen MR) is 122 cm³/mol. The molecule has 180 valence electrons. The molecule has 5 heterocycles. The van der Waals surface area contributed by atoms with Crippen molar-refractivity contribution in [3.05, 3.63) is 36.0 Å². The Bertz CT molecular complexity index is 1110. The minimum absolute atomic E-state index is 0.0600. The van der Waals surface area contributed by atoms with Gasteiger partial charge in [0.15, 0.2) is 17.3 Å². The van der Waals surface area contributed by atoms with Crippen molar-refractivity contribution in [3.63, 3.8) is 0 Å². The highest BCUT2D eigenvalue weighted by Crippen LogP contribution is 2.39. The van der Waals surface area contributed by atoms with E-state index in [1.165, 1.54) is 7.11 Å². The van der Waals surface area contributed by atoms with Crippen molar-refractivity contribution in [2.24, 2.45) is 0 Å². The van der Waals surface area contributed by atoms with Gasteiger partial charge in [-0.15, -0.1) is 0 Å². The Labute approximate surface area is 197 Å². The van der Waals surface area contributed by atoms with Gasteiger partial charge in [-0.05, 0) is 38.5 Å². The van der Waals surface area contributed by atoms with E-state index in [1.807, 2.05) is 13.8 Å². The molecule has 0 saturated carbocycles. The predicted octanol–water partition coefficient (Wildman–Crippen LogP) is 2.42. The van der Waals surface area contributed by atoms with Crippen LogP contribution in [0.25, 0.3) is 0 Å². The SMILES string of the molecule is COC(=O)c1ccc2c(n1)N(C(=O)Nc1cccc(OC[C@H]3COC(C)(C)O3)n1)[C@H]1CCN2C1. The number of hydrogen-bond donors (Lipinski definition) is 1. The monoisotopic (exact) mass is 469 g/mol. The Hall–Kier alpha value is -3.44. The largest absolute Gasteiger partial charge is 0.475 e. The number of nitrogens with one attached hydrogen (secondary N) is 1. The molecule has 0 radical (unpaired) electrons. The number of esters is 1. The van der Waals surface area contributed by atoms with Crippen molar-refractivity contribution >= 4 is 29.3 Å². The van der Waals surface area contributed by atoms with Crippen LogP contribution in [0.1, 0.15) is 30.8 Å². The van der Waals surface area contributed by atoms with Gasteiger partial charge in [-0.2, -0.15) is 4.98 Å². The summed E-state index contributed by atoms with van der Waals surface area (Å²) in [6, 6.07) is 8.14. The number of urea groups is 1. The van der Waals surface area contributed by atoms with E-state index in [4.69, 9.17) is 18.9 Å². The van der Waals surface area contributed by atoms with Crippen LogP contribution in [-0.2, 0) is 14.2 Å². The quantitative estimate of drug-likeness (QED) is 0.659. The summed E-state index contributed by atoms with van der Waals surface area (Å²) in [7, 11) is 1.30. The zero-order valence-corrected chi connectivity index (χ0v) is 19.3. The van der Waals surface area contributed by atoms with E-state index >= 15 is 0 Å². The number of carbonyl (C=O) groups is 2. The summed E-state index contributed by atoms with van der Waals surface area (Å²) >= 11 is 0. The van der Waals surface area contributed by atoms with Crippen molar-refractivity contribution < 1.29 is 28.5 Å². The number of pyridine rings is 2. The molecule has 0 unspecified atom stereocenters. The molecule has 2 bridgehead atoms. The maximum Gasteiger partial charge on any atom is 0.356 e. The highest BCUT2D eigenvalue weighted by atomic mass is 16.7. The van der Waals surface area contributed by atoms with E-state index in [-0.39, 0.29) is 30.5 Å². The van der Waals surface area contributed by atoms with Gasteiger partial charge in [0.25, 0.3) is 0 Å². The summed E-state index contributed by atoms with van der Waals surface area (Å²) in [5.74, 6) is -0.0365. The van der Waals surface area contributed by atoms with E-state index in [1.54, 1.807) is 35.2 Å². The van der Waals surface area contributed by atoms with Crippen molar-refractivity contribution in [2.75, 3.05) is 48.5 Å². The molecular weight excluding hydrogens is 442 g/mol. The molecule has 34 heavy (non-hydrogen) atoms. The van der Waals surface area contributed by atoms with Crippen LogP contribution in [0.5, 0.6) is 5.88 Å². The van der Waals surface area contributed by atoms with E-state index in [9.17, 15) is 9.59 Å². The van der Waals surface area contributed by atoms with E-state index in [0.717, 1.165) is 18.7 Å². The van der Waals surface area contributed by atoms with Crippen molar-refractivity contribution in [2.45, 2.75) is 38.2 Å². The average molecular weight is 469 g/mol. The topological polar surface area (TPSA) is 115 Å². The van der Waals surface area contributed by atoms with E-state index in [2.05, 4.69) is 20.2 Å². The minimum atomic E-state index is -0.625. The molecule has 0 spiro atoms. The molecule has 2 atom stereocenters. The lowest BCUT2D eigenvalue weighted by molar-refractivity contribution is -0.141. The lowest BCUT2D eigenvalue weighted by atomic mass is 10.2.